The number of ether oxygens (including phenoxy) is 1. The van der Waals surface area contributed by atoms with Crippen molar-refractivity contribution in [3.05, 3.63) is 35.6 Å². The molecule has 1 aliphatic rings. The van der Waals surface area contributed by atoms with Crippen LogP contribution in [0.1, 0.15) is 11.6 Å². The monoisotopic (exact) mass is 375 g/mol. The molecule has 1 unspecified atom stereocenters. The smallest absolute Gasteiger partial charge is 0.372 e. The van der Waals surface area contributed by atoms with Crippen LogP contribution in [-0.4, -0.2) is 43.0 Å². The van der Waals surface area contributed by atoms with E-state index in [4.69, 9.17) is 17.7 Å². The van der Waals surface area contributed by atoms with E-state index in [1.807, 2.05) is 12.3 Å². The van der Waals surface area contributed by atoms with Gasteiger partial charge in [-0.25, -0.2) is 4.39 Å². The van der Waals surface area contributed by atoms with Crippen molar-refractivity contribution in [1.82, 2.24) is 0 Å². The largest absolute Gasteiger partial charge is 0.522 e. The predicted molar refractivity (Wildman–Crippen MR) is 78.5 cm³/mol. The topological polar surface area (TPSA) is 76.0 Å². The van der Waals surface area contributed by atoms with E-state index in [1.54, 1.807) is 17.8 Å². The minimum absolute atomic E-state index is 0.0584. The van der Waals surface area contributed by atoms with Gasteiger partial charge in [-0.05, 0) is 24.0 Å². The third-order valence-electron chi connectivity index (χ3n) is 2.56. The van der Waals surface area contributed by atoms with Crippen molar-refractivity contribution in [3.8, 4) is 0 Å². The molecule has 0 aliphatic carbocycles. The number of alkyl halides is 3. The molecule has 0 amide bonds. The van der Waals surface area contributed by atoms with Crippen molar-refractivity contribution >= 4 is 26.9 Å². The molecule has 0 saturated heterocycles. The second kappa shape index (κ2) is 8.08. The highest BCUT2D eigenvalue weighted by atomic mass is 32.2. The van der Waals surface area contributed by atoms with Crippen LogP contribution in [0, 0.1) is 5.82 Å². The number of hydrogen-bond donors (Lipinski definition) is 1. The number of thioether (sulfide) groups is 1. The SMILES string of the molecule is CSC1=NC(c2cccc(F)c2)COC1.O=S(=O)(O)C(F)(F)F. The molecule has 1 N–H and O–H groups in total. The molecule has 0 fully saturated rings. The fraction of sp³-hybridized carbons (Fsp3) is 0.417. The zero-order valence-electron chi connectivity index (χ0n) is 11.7. The minimum atomic E-state index is -5.84. The molecule has 0 aromatic heterocycles. The molecular weight excluding hydrogens is 362 g/mol. The average molecular weight is 375 g/mol. The van der Waals surface area contributed by atoms with Gasteiger partial charge in [0.1, 0.15) is 5.82 Å². The second-order valence-electron chi connectivity index (χ2n) is 4.23. The number of hydrogen-bond acceptors (Lipinski definition) is 5. The molecule has 130 valence electrons. The van der Waals surface area contributed by atoms with E-state index < -0.39 is 15.6 Å². The van der Waals surface area contributed by atoms with E-state index in [9.17, 15) is 17.6 Å². The third kappa shape index (κ3) is 6.45. The van der Waals surface area contributed by atoms with Gasteiger partial charge in [0, 0.05) is 0 Å². The van der Waals surface area contributed by atoms with Crippen molar-refractivity contribution < 1.29 is 35.3 Å². The summed E-state index contributed by atoms with van der Waals surface area (Å²) in [4.78, 5) is 4.50. The van der Waals surface area contributed by atoms with Crippen LogP contribution >= 0.6 is 11.8 Å². The summed E-state index contributed by atoms with van der Waals surface area (Å²) >= 11 is 1.58. The van der Waals surface area contributed by atoms with Gasteiger partial charge >= 0.3 is 15.6 Å². The Bertz CT molecular complexity index is 661. The number of aliphatic imine (C=N–C) groups is 1. The fourth-order valence-corrected chi connectivity index (χ4v) is 1.94. The molecule has 2 rings (SSSR count). The summed E-state index contributed by atoms with van der Waals surface area (Å²) in [5.41, 5.74) is -4.66. The first-order chi connectivity index (χ1) is 10.5. The van der Waals surface area contributed by atoms with E-state index >= 15 is 0 Å². The normalized spacial score (nSPS) is 18.7. The van der Waals surface area contributed by atoms with Gasteiger partial charge in [-0.3, -0.25) is 9.55 Å². The van der Waals surface area contributed by atoms with Crippen LogP contribution in [0.4, 0.5) is 17.6 Å². The molecule has 11 heteroatoms. The predicted octanol–water partition coefficient (Wildman–Crippen LogP) is 3.05. The van der Waals surface area contributed by atoms with Crippen molar-refractivity contribution in [1.29, 1.82) is 0 Å². The first kappa shape index (κ1) is 19.9. The Labute approximate surface area is 134 Å². The number of rotatable bonds is 1. The van der Waals surface area contributed by atoms with Crippen LogP contribution in [0.15, 0.2) is 29.3 Å². The van der Waals surface area contributed by atoms with E-state index in [1.165, 1.54) is 12.1 Å². The van der Waals surface area contributed by atoms with Gasteiger partial charge in [0.15, 0.2) is 0 Å². The molecule has 1 aliphatic heterocycles. The van der Waals surface area contributed by atoms with E-state index in [-0.39, 0.29) is 11.9 Å². The molecule has 0 spiro atoms. The summed E-state index contributed by atoms with van der Waals surface area (Å²) in [7, 11) is -5.84. The van der Waals surface area contributed by atoms with Crippen molar-refractivity contribution in [2.45, 2.75) is 11.6 Å². The van der Waals surface area contributed by atoms with Crippen molar-refractivity contribution in [2.75, 3.05) is 19.5 Å². The lowest BCUT2D eigenvalue weighted by Crippen LogP contribution is -2.21. The molecule has 0 radical (unpaired) electrons. The highest BCUT2D eigenvalue weighted by Gasteiger charge is 2.44. The number of benzene rings is 1. The van der Waals surface area contributed by atoms with Crippen molar-refractivity contribution in [2.24, 2.45) is 4.99 Å². The van der Waals surface area contributed by atoms with Crippen LogP contribution in [-0.2, 0) is 14.9 Å². The maximum atomic E-state index is 13.0. The van der Waals surface area contributed by atoms with Crippen LogP contribution in [0.2, 0.25) is 0 Å². The van der Waals surface area contributed by atoms with Gasteiger partial charge in [-0.2, -0.15) is 21.6 Å². The zero-order valence-corrected chi connectivity index (χ0v) is 13.4. The Morgan fingerprint density at radius 2 is 2.00 bits per heavy atom. The summed E-state index contributed by atoms with van der Waals surface area (Å²) in [6.45, 7) is 1.11. The summed E-state index contributed by atoms with van der Waals surface area (Å²) in [6, 6.07) is 6.47. The third-order valence-corrected chi connectivity index (χ3v) is 3.84. The Kier molecular flexibility index (Phi) is 6.99. The van der Waals surface area contributed by atoms with E-state index in [2.05, 4.69) is 4.99 Å². The number of nitrogens with zero attached hydrogens (tertiary/aromatic N) is 1. The summed E-state index contributed by atoms with van der Waals surface area (Å²) < 4.78 is 76.0. The van der Waals surface area contributed by atoms with Crippen LogP contribution < -0.4 is 0 Å². The van der Waals surface area contributed by atoms with E-state index in [0.717, 1.165) is 10.6 Å². The zero-order chi connectivity index (χ0) is 17.7. The molecule has 23 heavy (non-hydrogen) atoms. The standard InChI is InChI=1S/C11H12FNOS.CHF3O3S/c1-15-11-7-14-6-10(13-11)8-3-2-4-9(12)5-8;2-1(3,4)8(5,6)7/h2-5,10H,6-7H2,1H3;(H,5,6,7). The maximum Gasteiger partial charge on any atom is 0.522 e. The van der Waals surface area contributed by atoms with Gasteiger partial charge < -0.3 is 4.74 Å². The summed E-state index contributed by atoms with van der Waals surface area (Å²) in [6.07, 6.45) is 1.97. The molecule has 1 heterocycles. The van der Waals surface area contributed by atoms with Gasteiger partial charge in [0.05, 0.1) is 24.3 Å². The van der Waals surface area contributed by atoms with Crippen LogP contribution in [0.25, 0.3) is 0 Å². The molecule has 0 bridgehead atoms. The quantitative estimate of drug-likeness (QED) is 0.464. The average Bonchev–Trinajstić information content (AvgIpc) is 2.46. The molecule has 1 atom stereocenters. The highest BCUT2D eigenvalue weighted by Crippen LogP contribution is 2.23. The summed E-state index contributed by atoms with van der Waals surface area (Å²) in [5.74, 6) is -0.223. The lowest BCUT2D eigenvalue weighted by molar-refractivity contribution is -0.0510. The van der Waals surface area contributed by atoms with Crippen LogP contribution in [0.3, 0.4) is 0 Å². The van der Waals surface area contributed by atoms with Gasteiger partial charge in [-0.1, -0.05) is 12.1 Å². The van der Waals surface area contributed by atoms with Gasteiger partial charge in [0.25, 0.3) is 0 Å². The Morgan fingerprint density at radius 3 is 2.48 bits per heavy atom. The van der Waals surface area contributed by atoms with Crippen molar-refractivity contribution in [3.63, 3.8) is 0 Å². The summed E-state index contributed by atoms with van der Waals surface area (Å²) in [5, 5.41) is 0.968. The number of halogens is 4. The second-order valence-corrected chi connectivity index (χ2v) is 6.53. The minimum Gasteiger partial charge on any atom is -0.372 e. The molecule has 1 aromatic carbocycles. The molecule has 0 saturated carbocycles. The highest BCUT2D eigenvalue weighted by molar-refractivity contribution is 8.13. The Hall–Kier alpha value is -1.17. The lowest BCUT2D eigenvalue weighted by atomic mass is 10.1. The first-order valence-electron chi connectivity index (χ1n) is 6.02. The molecular formula is C12H13F4NO4S2. The first-order valence-corrected chi connectivity index (χ1v) is 8.68. The Balaban J connectivity index is 0.000000284. The lowest BCUT2D eigenvalue weighted by Gasteiger charge is -2.20. The fourth-order valence-electron chi connectivity index (χ4n) is 1.50. The van der Waals surface area contributed by atoms with E-state index in [0.29, 0.717) is 13.2 Å². The molecule has 1 aromatic rings. The van der Waals surface area contributed by atoms with Gasteiger partial charge in [0.2, 0.25) is 0 Å². The maximum absolute atomic E-state index is 13.0. The Morgan fingerprint density at radius 1 is 1.39 bits per heavy atom. The van der Waals surface area contributed by atoms with Crippen LogP contribution in [0.5, 0.6) is 0 Å². The van der Waals surface area contributed by atoms with Gasteiger partial charge in [-0.15, -0.1) is 11.8 Å². The molecule has 5 nitrogen and oxygen atoms in total.